The average Bonchev–Trinajstić information content (AvgIpc) is 2.65. The number of hydrogen-bond acceptors (Lipinski definition) is 2. The van der Waals surface area contributed by atoms with Crippen molar-refractivity contribution in [2.75, 3.05) is 13.1 Å². The standard InChI is InChI=1S/C23H28F2N2O/c1-23(2,3)22(28)26-19-9-11-27(12-10-19)15-16-5-4-6-17(13-16)18-7-8-20(24)21(25)14-18/h4-8,13-14,19H,9-12,15H2,1-3H3,(H,26,28). The lowest BCUT2D eigenvalue weighted by atomic mass is 9.94. The Hall–Kier alpha value is -2.27. The Morgan fingerprint density at radius 3 is 2.36 bits per heavy atom. The molecule has 1 fully saturated rings. The number of amides is 1. The van der Waals surface area contributed by atoms with Crippen molar-refractivity contribution < 1.29 is 13.6 Å². The maximum absolute atomic E-state index is 13.5. The molecule has 0 aliphatic carbocycles. The van der Waals surface area contributed by atoms with Gasteiger partial charge in [0.25, 0.3) is 0 Å². The van der Waals surface area contributed by atoms with Crippen LogP contribution in [0.5, 0.6) is 0 Å². The Morgan fingerprint density at radius 2 is 1.71 bits per heavy atom. The lowest BCUT2D eigenvalue weighted by Crippen LogP contribution is -2.47. The van der Waals surface area contributed by atoms with Crippen LogP contribution in [0, 0.1) is 17.0 Å². The monoisotopic (exact) mass is 386 g/mol. The van der Waals surface area contributed by atoms with Gasteiger partial charge in [-0.1, -0.05) is 45.0 Å². The van der Waals surface area contributed by atoms with Crippen LogP contribution in [0.1, 0.15) is 39.2 Å². The predicted molar refractivity (Wildman–Crippen MR) is 108 cm³/mol. The van der Waals surface area contributed by atoms with Gasteiger partial charge in [-0.05, 0) is 47.7 Å². The number of piperidine rings is 1. The van der Waals surface area contributed by atoms with Gasteiger partial charge in [0.1, 0.15) is 0 Å². The highest BCUT2D eigenvalue weighted by atomic mass is 19.2. The first-order chi connectivity index (χ1) is 13.2. The van der Waals surface area contributed by atoms with Crippen LogP contribution in [0.4, 0.5) is 8.78 Å². The average molecular weight is 386 g/mol. The normalized spacial score (nSPS) is 16.2. The van der Waals surface area contributed by atoms with E-state index in [0.29, 0.717) is 5.56 Å². The fourth-order valence-corrected chi connectivity index (χ4v) is 3.42. The summed E-state index contributed by atoms with van der Waals surface area (Å²) in [5.74, 6) is -1.56. The third-order valence-electron chi connectivity index (χ3n) is 5.19. The fraction of sp³-hybridized carbons (Fsp3) is 0.435. The topological polar surface area (TPSA) is 32.3 Å². The molecule has 2 aromatic carbocycles. The van der Waals surface area contributed by atoms with E-state index in [1.54, 1.807) is 6.07 Å². The summed E-state index contributed by atoms with van der Waals surface area (Å²) >= 11 is 0. The number of carbonyl (C=O) groups excluding carboxylic acids is 1. The Kier molecular flexibility index (Phi) is 6.14. The minimum absolute atomic E-state index is 0.102. The molecule has 1 N–H and O–H groups in total. The molecule has 0 atom stereocenters. The number of nitrogens with zero attached hydrogens (tertiary/aromatic N) is 1. The van der Waals surface area contributed by atoms with Crippen molar-refractivity contribution in [2.24, 2.45) is 5.41 Å². The minimum Gasteiger partial charge on any atom is -0.353 e. The molecule has 1 aliphatic rings. The van der Waals surface area contributed by atoms with Crippen LogP contribution in [-0.4, -0.2) is 29.9 Å². The highest BCUT2D eigenvalue weighted by Gasteiger charge is 2.26. The molecule has 0 unspecified atom stereocenters. The first kappa shape index (κ1) is 20.5. The summed E-state index contributed by atoms with van der Waals surface area (Å²) in [7, 11) is 0. The highest BCUT2D eigenvalue weighted by Crippen LogP contribution is 2.24. The van der Waals surface area contributed by atoms with E-state index in [9.17, 15) is 13.6 Å². The smallest absolute Gasteiger partial charge is 0.225 e. The Labute approximate surface area is 165 Å². The van der Waals surface area contributed by atoms with Gasteiger partial charge >= 0.3 is 0 Å². The van der Waals surface area contributed by atoms with Gasteiger partial charge in [-0.2, -0.15) is 0 Å². The molecular formula is C23H28F2N2O. The lowest BCUT2D eigenvalue weighted by Gasteiger charge is -2.33. The van der Waals surface area contributed by atoms with E-state index in [0.717, 1.165) is 49.7 Å². The second kappa shape index (κ2) is 8.39. The van der Waals surface area contributed by atoms with Gasteiger partial charge in [-0.15, -0.1) is 0 Å². The first-order valence-corrected chi connectivity index (χ1v) is 9.80. The van der Waals surface area contributed by atoms with Crippen molar-refractivity contribution >= 4 is 5.91 Å². The van der Waals surface area contributed by atoms with Crippen LogP contribution in [0.25, 0.3) is 11.1 Å². The van der Waals surface area contributed by atoms with E-state index in [2.05, 4.69) is 16.3 Å². The van der Waals surface area contributed by atoms with Crippen molar-refractivity contribution in [3.63, 3.8) is 0 Å². The zero-order chi connectivity index (χ0) is 20.3. The summed E-state index contributed by atoms with van der Waals surface area (Å²) in [5.41, 5.74) is 2.32. The third-order valence-corrected chi connectivity index (χ3v) is 5.19. The maximum atomic E-state index is 13.5. The predicted octanol–water partition coefficient (Wildman–Crippen LogP) is 4.76. The molecule has 0 bridgehead atoms. The number of hydrogen-bond donors (Lipinski definition) is 1. The molecule has 5 heteroatoms. The van der Waals surface area contributed by atoms with Crippen LogP contribution in [0.2, 0.25) is 0 Å². The first-order valence-electron chi connectivity index (χ1n) is 9.80. The number of likely N-dealkylation sites (tertiary alicyclic amines) is 1. The Bertz CT molecular complexity index is 837. The van der Waals surface area contributed by atoms with Crippen LogP contribution < -0.4 is 5.32 Å². The van der Waals surface area contributed by atoms with Crippen LogP contribution in [-0.2, 0) is 11.3 Å². The molecule has 1 amide bonds. The van der Waals surface area contributed by atoms with E-state index in [4.69, 9.17) is 0 Å². The summed E-state index contributed by atoms with van der Waals surface area (Å²) in [5, 5.41) is 3.15. The maximum Gasteiger partial charge on any atom is 0.225 e. The molecular weight excluding hydrogens is 358 g/mol. The summed E-state index contributed by atoms with van der Waals surface area (Å²) in [6, 6.07) is 12.2. The van der Waals surface area contributed by atoms with Crippen molar-refractivity contribution in [1.82, 2.24) is 10.2 Å². The second-order valence-corrected chi connectivity index (χ2v) is 8.60. The molecule has 0 radical (unpaired) electrons. The van der Waals surface area contributed by atoms with Crippen molar-refractivity contribution in [3.8, 4) is 11.1 Å². The molecule has 2 aromatic rings. The van der Waals surface area contributed by atoms with Gasteiger partial charge < -0.3 is 5.32 Å². The number of benzene rings is 2. The van der Waals surface area contributed by atoms with Gasteiger partial charge in [-0.3, -0.25) is 9.69 Å². The van der Waals surface area contributed by atoms with E-state index in [-0.39, 0.29) is 17.4 Å². The highest BCUT2D eigenvalue weighted by molar-refractivity contribution is 5.81. The molecule has 1 heterocycles. The molecule has 3 nitrogen and oxygen atoms in total. The van der Waals surface area contributed by atoms with Gasteiger partial charge in [0.05, 0.1) is 0 Å². The van der Waals surface area contributed by atoms with Gasteiger partial charge in [0.15, 0.2) is 11.6 Å². The van der Waals surface area contributed by atoms with Crippen molar-refractivity contribution in [2.45, 2.75) is 46.2 Å². The zero-order valence-corrected chi connectivity index (χ0v) is 16.8. The third kappa shape index (κ3) is 5.16. The minimum atomic E-state index is -0.832. The number of halogens is 2. The largest absolute Gasteiger partial charge is 0.353 e. The van der Waals surface area contributed by atoms with Gasteiger partial charge in [0, 0.05) is 31.1 Å². The molecule has 0 saturated carbocycles. The van der Waals surface area contributed by atoms with Crippen molar-refractivity contribution in [1.29, 1.82) is 0 Å². The van der Waals surface area contributed by atoms with E-state index >= 15 is 0 Å². The number of carbonyl (C=O) groups is 1. The van der Waals surface area contributed by atoms with Crippen LogP contribution >= 0.6 is 0 Å². The molecule has 0 aromatic heterocycles. The SMILES string of the molecule is CC(C)(C)C(=O)NC1CCN(Cc2cccc(-c3ccc(F)c(F)c3)c2)CC1. The summed E-state index contributed by atoms with van der Waals surface area (Å²) < 4.78 is 26.7. The fourth-order valence-electron chi connectivity index (χ4n) is 3.42. The van der Waals surface area contributed by atoms with Crippen molar-refractivity contribution in [3.05, 3.63) is 59.7 Å². The Balaban J connectivity index is 1.58. The second-order valence-electron chi connectivity index (χ2n) is 8.60. The van der Waals surface area contributed by atoms with E-state index < -0.39 is 11.6 Å². The van der Waals surface area contributed by atoms with E-state index in [1.807, 2.05) is 39.0 Å². The molecule has 150 valence electrons. The van der Waals surface area contributed by atoms with Crippen LogP contribution in [0.3, 0.4) is 0 Å². The summed E-state index contributed by atoms with van der Waals surface area (Å²) in [6.07, 6.45) is 1.87. The zero-order valence-electron chi connectivity index (χ0n) is 16.8. The molecule has 3 rings (SSSR count). The summed E-state index contributed by atoms with van der Waals surface area (Å²) in [4.78, 5) is 14.5. The number of nitrogens with one attached hydrogen (secondary N) is 1. The number of rotatable bonds is 4. The molecule has 28 heavy (non-hydrogen) atoms. The molecule has 1 saturated heterocycles. The summed E-state index contributed by atoms with van der Waals surface area (Å²) in [6.45, 7) is 8.43. The quantitative estimate of drug-likeness (QED) is 0.822. The molecule has 0 spiro atoms. The van der Waals surface area contributed by atoms with Gasteiger partial charge in [0.2, 0.25) is 5.91 Å². The van der Waals surface area contributed by atoms with Gasteiger partial charge in [-0.25, -0.2) is 8.78 Å². The Morgan fingerprint density at radius 1 is 1.04 bits per heavy atom. The van der Waals surface area contributed by atoms with E-state index in [1.165, 1.54) is 6.07 Å². The molecule has 1 aliphatic heterocycles. The van der Waals surface area contributed by atoms with Crippen LogP contribution in [0.15, 0.2) is 42.5 Å². The lowest BCUT2D eigenvalue weighted by molar-refractivity contribution is -0.129.